The highest BCUT2D eigenvalue weighted by Crippen LogP contribution is 2.36. The fourth-order valence-corrected chi connectivity index (χ4v) is 3.49. The molecule has 3 rings (SSSR count). The van der Waals surface area contributed by atoms with Crippen LogP contribution in [0.25, 0.3) is 0 Å². The van der Waals surface area contributed by atoms with Gasteiger partial charge in [-0.05, 0) is 61.3 Å². The number of hydrogen-bond donors (Lipinski definition) is 0. The van der Waals surface area contributed by atoms with Crippen LogP contribution in [-0.4, -0.2) is 64.1 Å². The second kappa shape index (κ2) is 7.13. The lowest BCUT2D eigenvalue weighted by Crippen LogP contribution is -2.50. The Bertz CT molecular complexity index is 759. The number of carbonyl (C=O) groups is 2. The third kappa shape index (κ3) is 4.21. The van der Waals surface area contributed by atoms with Crippen molar-refractivity contribution in [3.63, 3.8) is 0 Å². The van der Waals surface area contributed by atoms with Gasteiger partial charge in [-0.25, -0.2) is 4.79 Å². The van der Waals surface area contributed by atoms with Crippen molar-refractivity contribution in [1.82, 2.24) is 14.7 Å². The second-order valence-corrected chi connectivity index (χ2v) is 10.00. The Kier molecular flexibility index (Phi) is 5.37. The van der Waals surface area contributed by atoms with Gasteiger partial charge in [0, 0.05) is 30.9 Å². The van der Waals surface area contributed by atoms with Crippen molar-refractivity contribution in [2.45, 2.75) is 83.6 Å². The lowest BCUT2D eigenvalue weighted by molar-refractivity contribution is -0.118. The number of ether oxygens (including phenoxy) is 1. The number of hydrogen-bond acceptors (Lipinski definition) is 6. The van der Waals surface area contributed by atoms with Crippen LogP contribution >= 0.6 is 0 Å². The van der Waals surface area contributed by atoms with E-state index in [0.29, 0.717) is 25.9 Å². The predicted molar refractivity (Wildman–Crippen MR) is 109 cm³/mol. The normalized spacial score (nSPS) is 23.1. The van der Waals surface area contributed by atoms with E-state index < -0.39 is 29.5 Å². The molecule has 2 aliphatic heterocycles. The third-order valence-corrected chi connectivity index (χ3v) is 6.08. The van der Waals surface area contributed by atoms with Crippen LogP contribution in [0.2, 0.25) is 0 Å². The largest absolute Gasteiger partial charge is 0.498 e. The fourth-order valence-electron chi connectivity index (χ4n) is 3.49. The summed E-state index contributed by atoms with van der Waals surface area (Å²) in [6.45, 7) is 14.4. The Hall–Kier alpha value is -1.87. The first-order valence-electron chi connectivity index (χ1n) is 10.1. The number of aromatic nitrogens is 2. The number of rotatable bonds is 3. The summed E-state index contributed by atoms with van der Waals surface area (Å²) in [4.78, 5) is 26.0. The van der Waals surface area contributed by atoms with E-state index in [-0.39, 0.29) is 6.09 Å². The zero-order chi connectivity index (χ0) is 21.7. The Balaban J connectivity index is 1.71. The molecular weight excluding hydrogens is 373 g/mol. The van der Waals surface area contributed by atoms with Crippen molar-refractivity contribution < 1.29 is 23.6 Å². The Morgan fingerprint density at radius 1 is 1.17 bits per heavy atom. The Morgan fingerprint density at radius 2 is 1.72 bits per heavy atom. The highest BCUT2D eigenvalue weighted by molar-refractivity contribution is 6.62. The average molecular weight is 405 g/mol. The fraction of sp³-hybridized carbons (Fsp3) is 0.750. The van der Waals surface area contributed by atoms with Gasteiger partial charge < -0.3 is 23.7 Å². The van der Waals surface area contributed by atoms with Gasteiger partial charge in [-0.1, -0.05) is 0 Å². The molecule has 1 aromatic rings. The van der Waals surface area contributed by atoms with Gasteiger partial charge in [0.25, 0.3) is 0 Å². The molecule has 0 N–H and O–H groups in total. The minimum atomic E-state index is -0.791. The molecule has 0 radical (unpaired) electrons. The molecular formula is C20H32BN3O5. The van der Waals surface area contributed by atoms with Crippen molar-refractivity contribution in [3.8, 4) is 0 Å². The molecule has 2 fully saturated rings. The summed E-state index contributed by atoms with van der Waals surface area (Å²) in [5.74, 6) is 0. The molecule has 0 aliphatic carbocycles. The van der Waals surface area contributed by atoms with Crippen LogP contribution < -0.4 is 5.46 Å². The van der Waals surface area contributed by atoms with Crippen LogP contribution in [0.5, 0.6) is 0 Å². The Morgan fingerprint density at radius 3 is 2.21 bits per heavy atom. The standard InChI is InChI=1S/C20H32BN3O5/c1-17(2,3)27-16(26)23-10-8-20(14-25,9-11-23)24-13-15(12-22-24)21-28-18(4,5)19(6,7)29-21/h12-14H,8-11H2,1-7H3. The number of aldehydes is 1. The SMILES string of the molecule is CC(C)(C)OC(=O)N1CCC(C=O)(n2cc(B3OC(C)(C)C(C)(C)O3)cn2)CC1. The van der Waals surface area contributed by atoms with E-state index in [1.807, 2.05) is 54.7 Å². The van der Waals surface area contributed by atoms with E-state index >= 15 is 0 Å². The van der Waals surface area contributed by atoms with Crippen molar-refractivity contribution in [3.05, 3.63) is 12.4 Å². The van der Waals surface area contributed by atoms with Crippen molar-refractivity contribution >= 4 is 25.0 Å². The van der Waals surface area contributed by atoms with E-state index in [4.69, 9.17) is 14.0 Å². The molecule has 3 heterocycles. The maximum absolute atomic E-state index is 12.3. The summed E-state index contributed by atoms with van der Waals surface area (Å²) in [6.07, 6.45) is 5.03. The first kappa shape index (κ1) is 21.8. The number of nitrogens with zero attached hydrogens (tertiary/aromatic N) is 3. The summed E-state index contributed by atoms with van der Waals surface area (Å²) in [5.41, 5.74) is -1.45. The maximum Gasteiger partial charge on any atom is 0.498 e. The molecule has 8 nitrogen and oxygen atoms in total. The Labute approximate surface area is 173 Å². The van der Waals surface area contributed by atoms with Gasteiger partial charge in [0.1, 0.15) is 17.4 Å². The van der Waals surface area contributed by atoms with Gasteiger partial charge in [0.2, 0.25) is 0 Å². The summed E-state index contributed by atoms with van der Waals surface area (Å²) < 4.78 is 19.3. The zero-order valence-corrected chi connectivity index (χ0v) is 18.5. The minimum absolute atomic E-state index is 0.352. The van der Waals surface area contributed by atoms with Crippen LogP contribution in [0.4, 0.5) is 4.79 Å². The molecule has 1 aromatic heterocycles. The van der Waals surface area contributed by atoms with Crippen LogP contribution in [0.3, 0.4) is 0 Å². The minimum Gasteiger partial charge on any atom is -0.444 e. The quantitative estimate of drug-likeness (QED) is 0.566. The van der Waals surface area contributed by atoms with Gasteiger partial charge >= 0.3 is 13.2 Å². The molecule has 2 saturated heterocycles. The van der Waals surface area contributed by atoms with Gasteiger partial charge in [-0.3, -0.25) is 4.68 Å². The van der Waals surface area contributed by atoms with Gasteiger partial charge in [-0.2, -0.15) is 5.10 Å². The molecule has 1 amide bonds. The second-order valence-electron chi connectivity index (χ2n) is 10.00. The van der Waals surface area contributed by atoms with Crippen LogP contribution in [0, 0.1) is 0 Å². The van der Waals surface area contributed by atoms with Gasteiger partial charge in [0.05, 0.1) is 11.2 Å². The summed E-state index contributed by atoms with van der Waals surface area (Å²) in [7, 11) is -0.528. The van der Waals surface area contributed by atoms with E-state index in [9.17, 15) is 9.59 Å². The van der Waals surface area contributed by atoms with Crippen LogP contribution in [0.15, 0.2) is 12.4 Å². The highest BCUT2D eigenvalue weighted by Gasteiger charge is 2.52. The zero-order valence-electron chi connectivity index (χ0n) is 18.5. The van der Waals surface area contributed by atoms with Crippen molar-refractivity contribution in [2.24, 2.45) is 0 Å². The first-order chi connectivity index (χ1) is 13.3. The molecule has 0 spiro atoms. The van der Waals surface area contributed by atoms with E-state index in [1.165, 1.54) is 0 Å². The van der Waals surface area contributed by atoms with E-state index in [2.05, 4.69) is 5.10 Å². The highest BCUT2D eigenvalue weighted by atomic mass is 16.7. The van der Waals surface area contributed by atoms with E-state index in [1.54, 1.807) is 15.8 Å². The molecule has 0 aromatic carbocycles. The number of carbonyl (C=O) groups excluding carboxylic acids is 2. The predicted octanol–water partition coefficient (Wildman–Crippen LogP) is 2.11. The molecule has 0 unspecified atom stereocenters. The monoisotopic (exact) mass is 405 g/mol. The summed E-state index contributed by atoms with van der Waals surface area (Å²) >= 11 is 0. The van der Waals surface area contributed by atoms with Crippen LogP contribution in [-0.2, 0) is 24.4 Å². The molecule has 9 heteroatoms. The van der Waals surface area contributed by atoms with E-state index in [0.717, 1.165) is 11.7 Å². The van der Waals surface area contributed by atoms with Crippen molar-refractivity contribution in [2.75, 3.05) is 13.1 Å². The summed E-state index contributed by atoms with van der Waals surface area (Å²) in [5, 5.41) is 4.44. The number of piperidine rings is 1. The molecule has 29 heavy (non-hydrogen) atoms. The third-order valence-electron chi connectivity index (χ3n) is 6.08. The number of amides is 1. The van der Waals surface area contributed by atoms with Gasteiger partial charge in [0.15, 0.2) is 0 Å². The molecule has 0 atom stereocenters. The molecule has 2 aliphatic rings. The smallest absolute Gasteiger partial charge is 0.444 e. The van der Waals surface area contributed by atoms with Gasteiger partial charge in [-0.15, -0.1) is 0 Å². The lowest BCUT2D eigenvalue weighted by Gasteiger charge is -2.38. The topological polar surface area (TPSA) is 82.9 Å². The number of likely N-dealkylation sites (tertiary alicyclic amines) is 1. The maximum atomic E-state index is 12.3. The summed E-state index contributed by atoms with van der Waals surface area (Å²) in [6, 6.07) is 0. The first-order valence-corrected chi connectivity index (χ1v) is 10.1. The van der Waals surface area contributed by atoms with Crippen LogP contribution in [0.1, 0.15) is 61.3 Å². The van der Waals surface area contributed by atoms with Crippen molar-refractivity contribution in [1.29, 1.82) is 0 Å². The molecule has 0 bridgehead atoms. The molecule has 160 valence electrons. The lowest BCUT2D eigenvalue weighted by atomic mass is 9.81. The molecule has 0 saturated carbocycles. The average Bonchev–Trinajstić information content (AvgIpc) is 3.17.